The minimum absolute atomic E-state index is 0.106. The minimum Gasteiger partial charge on any atom is -0.492 e. The lowest BCUT2D eigenvalue weighted by molar-refractivity contribution is -0.123. The number of benzene rings is 1. The van der Waals surface area contributed by atoms with E-state index in [9.17, 15) is 14.4 Å². The number of fused-ring (bicyclic) bond motifs is 2. The third-order valence-corrected chi connectivity index (χ3v) is 6.44. The molecule has 4 heterocycles. The largest absolute Gasteiger partial charge is 0.492 e. The summed E-state index contributed by atoms with van der Waals surface area (Å²) in [5, 5.41) is 2.72. The Morgan fingerprint density at radius 1 is 1.13 bits per heavy atom. The average molecular weight is 420 g/mol. The summed E-state index contributed by atoms with van der Waals surface area (Å²) in [6.45, 7) is 8.45. The van der Waals surface area contributed by atoms with E-state index in [4.69, 9.17) is 4.74 Å². The van der Waals surface area contributed by atoms with Crippen LogP contribution in [0.1, 0.15) is 44.4 Å². The Balaban J connectivity index is 1.49. The highest BCUT2D eigenvalue weighted by molar-refractivity contribution is 6.23. The van der Waals surface area contributed by atoms with Crippen LogP contribution in [0.3, 0.4) is 0 Å². The van der Waals surface area contributed by atoms with Crippen molar-refractivity contribution in [3.8, 4) is 5.75 Å². The minimum atomic E-state index is -1.04. The fraction of sp³-hybridized carbons (Fsp3) is 0.391. The van der Waals surface area contributed by atoms with Crippen LogP contribution in [0.15, 0.2) is 30.5 Å². The fourth-order valence-electron chi connectivity index (χ4n) is 4.49. The van der Waals surface area contributed by atoms with E-state index in [1.54, 1.807) is 43.1 Å². The van der Waals surface area contributed by atoms with Crippen LogP contribution < -0.4 is 15.0 Å². The van der Waals surface area contributed by atoms with Gasteiger partial charge < -0.3 is 15.0 Å². The van der Waals surface area contributed by atoms with Gasteiger partial charge in [0.15, 0.2) is 0 Å². The molecule has 160 valence electrons. The summed E-state index contributed by atoms with van der Waals surface area (Å²) in [5.41, 5.74) is 2.00. The van der Waals surface area contributed by atoms with Crippen molar-refractivity contribution in [1.82, 2.24) is 9.88 Å². The molecule has 8 nitrogen and oxygen atoms in total. The van der Waals surface area contributed by atoms with Gasteiger partial charge in [0.25, 0.3) is 5.91 Å². The molecule has 31 heavy (non-hydrogen) atoms. The summed E-state index contributed by atoms with van der Waals surface area (Å²) in [4.78, 5) is 45.5. The van der Waals surface area contributed by atoms with Crippen molar-refractivity contribution in [2.24, 2.45) is 0 Å². The Morgan fingerprint density at radius 2 is 1.90 bits per heavy atom. The molecule has 3 aliphatic rings. The molecule has 1 saturated heterocycles. The number of anilines is 2. The molecule has 1 N–H and O–H groups in total. The molecule has 0 bridgehead atoms. The number of imide groups is 1. The second-order valence-electron chi connectivity index (χ2n) is 9.44. The first-order chi connectivity index (χ1) is 14.6. The summed E-state index contributed by atoms with van der Waals surface area (Å²) in [6, 6.07) is 6.90. The van der Waals surface area contributed by atoms with E-state index in [-0.39, 0.29) is 30.2 Å². The van der Waals surface area contributed by atoms with Crippen molar-refractivity contribution in [3.63, 3.8) is 0 Å². The molecule has 8 heteroatoms. The van der Waals surface area contributed by atoms with Gasteiger partial charge in [-0.3, -0.25) is 9.59 Å². The van der Waals surface area contributed by atoms with Gasteiger partial charge in [-0.2, -0.15) is 0 Å². The molecule has 1 aromatic carbocycles. The zero-order valence-corrected chi connectivity index (χ0v) is 18.0. The second kappa shape index (κ2) is 6.29. The van der Waals surface area contributed by atoms with E-state index >= 15 is 0 Å². The summed E-state index contributed by atoms with van der Waals surface area (Å²) in [5.74, 6) is 0.805. The van der Waals surface area contributed by atoms with Crippen LogP contribution in [0.25, 0.3) is 0 Å². The maximum absolute atomic E-state index is 13.4. The molecule has 3 aliphatic heterocycles. The van der Waals surface area contributed by atoms with Gasteiger partial charge in [-0.25, -0.2) is 14.7 Å². The predicted molar refractivity (Wildman–Crippen MR) is 114 cm³/mol. The van der Waals surface area contributed by atoms with Gasteiger partial charge in [0, 0.05) is 35.3 Å². The van der Waals surface area contributed by atoms with Gasteiger partial charge in [0.05, 0.1) is 18.7 Å². The Kier molecular flexibility index (Phi) is 3.96. The average Bonchev–Trinajstić information content (AvgIpc) is 3.29. The van der Waals surface area contributed by atoms with Gasteiger partial charge in [-0.1, -0.05) is 19.9 Å². The summed E-state index contributed by atoms with van der Waals surface area (Å²) >= 11 is 0. The van der Waals surface area contributed by atoms with Crippen LogP contribution in [0.5, 0.6) is 5.75 Å². The molecular formula is C23H24N4O4. The SMILES string of the molecule is CC1(C)COc2cc(N3C(=O)N(Cc4ccnc5c4CC(=O)N5)C(C)(C)C3=O)ccc21. The third kappa shape index (κ3) is 2.81. The van der Waals surface area contributed by atoms with Crippen molar-refractivity contribution >= 4 is 29.4 Å². The number of nitrogens with zero attached hydrogens (tertiary/aromatic N) is 3. The van der Waals surface area contributed by atoms with Crippen LogP contribution in [-0.2, 0) is 28.0 Å². The number of pyridine rings is 1. The van der Waals surface area contributed by atoms with E-state index in [2.05, 4.69) is 24.1 Å². The predicted octanol–water partition coefficient (Wildman–Crippen LogP) is 2.99. The van der Waals surface area contributed by atoms with Gasteiger partial charge in [-0.15, -0.1) is 0 Å². The first kappa shape index (κ1) is 19.5. The Bertz CT molecular complexity index is 1150. The second-order valence-corrected chi connectivity index (χ2v) is 9.44. The lowest BCUT2D eigenvalue weighted by Gasteiger charge is -2.28. The third-order valence-electron chi connectivity index (χ3n) is 6.44. The number of hydrogen-bond donors (Lipinski definition) is 1. The van der Waals surface area contributed by atoms with Gasteiger partial charge in [0.1, 0.15) is 17.1 Å². The first-order valence-electron chi connectivity index (χ1n) is 10.3. The van der Waals surface area contributed by atoms with Gasteiger partial charge in [0.2, 0.25) is 5.91 Å². The Labute approximate surface area is 180 Å². The molecular weight excluding hydrogens is 396 g/mol. The van der Waals surface area contributed by atoms with E-state index in [1.807, 2.05) is 6.07 Å². The molecule has 0 saturated carbocycles. The molecule has 5 rings (SSSR count). The topological polar surface area (TPSA) is 91.8 Å². The highest BCUT2D eigenvalue weighted by Gasteiger charge is 2.52. The summed E-state index contributed by atoms with van der Waals surface area (Å²) in [6.07, 6.45) is 1.82. The lowest BCUT2D eigenvalue weighted by atomic mass is 9.87. The van der Waals surface area contributed by atoms with Crippen molar-refractivity contribution < 1.29 is 19.1 Å². The fourth-order valence-corrected chi connectivity index (χ4v) is 4.49. The van der Waals surface area contributed by atoms with Crippen LogP contribution in [0.4, 0.5) is 16.3 Å². The lowest BCUT2D eigenvalue weighted by Crippen LogP contribution is -2.43. The number of nitrogens with one attached hydrogen (secondary N) is 1. The van der Waals surface area contributed by atoms with Crippen LogP contribution in [-0.4, -0.2) is 39.9 Å². The van der Waals surface area contributed by atoms with Crippen molar-refractivity contribution in [2.75, 3.05) is 16.8 Å². The van der Waals surface area contributed by atoms with E-state index in [1.165, 1.54) is 4.90 Å². The molecule has 0 spiro atoms. The normalized spacial score (nSPS) is 20.6. The number of aromatic nitrogens is 1. The van der Waals surface area contributed by atoms with E-state index in [0.29, 0.717) is 23.9 Å². The van der Waals surface area contributed by atoms with E-state index in [0.717, 1.165) is 16.7 Å². The standard InChI is InChI=1S/C23H24N4O4/c1-22(2)12-31-17-9-14(5-6-16(17)22)27-20(29)23(3,4)26(21(27)30)11-13-7-8-24-19-15(13)10-18(28)25-19/h5-9H,10-12H2,1-4H3,(H,24,25,28). The summed E-state index contributed by atoms with van der Waals surface area (Å²) in [7, 11) is 0. The summed E-state index contributed by atoms with van der Waals surface area (Å²) < 4.78 is 5.81. The molecule has 0 unspecified atom stereocenters. The maximum atomic E-state index is 13.4. The Hall–Kier alpha value is -3.42. The number of ether oxygens (including phenoxy) is 1. The molecule has 4 amide bonds. The molecule has 2 aromatic rings. The van der Waals surface area contributed by atoms with Crippen molar-refractivity contribution in [1.29, 1.82) is 0 Å². The number of carbonyl (C=O) groups is 3. The highest BCUT2D eigenvalue weighted by atomic mass is 16.5. The molecule has 0 radical (unpaired) electrons. The number of carbonyl (C=O) groups excluding carboxylic acids is 3. The zero-order chi connectivity index (χ0) is 22.1. The van der Waals surface area contributed by atoms with Gasteiger partial charge >= 0.3 is 6.03 Å². The zero-order valence-electron chi connectivity index (χ0n) is 18.0. The number of hydrogen-bond acceptors (Lipinski definition) is 5. The number of amides is 4. The van der Waals surface area contributed by atoms with Crippen molar-refractivity contribution in [2.45, 2.75) is 51.6 Å². The van der Waals surface area contributed by atoms with E-state index < -0.39 is 11.6 Å². The molecule has 1 fully saturated rings. The maximum Gasteiger partial charge on any atom is 0.332 e. The number of urea groups is 1. The quantitative estimate of drug-likeness (QED) is 0.771. The molecule has 0 aliphatic carbocycles. The van der Waals surface area contributed by atoms with Gasteiger partial charge in [-0.05, 0) is 31.5 Å². The first-order valence-corrected chi connectivity index (χ1v) is 10.3. The highest BCUT2D eigenvalue weighted by Crippen LogP contribution is 2.42. The van der Waals surface area contributed by atoms with Crippen LogP contribution >= 0.6 is 0 Å². The van der Waals surface area contributed by atoms with Crippen LogP contribution in [0, 0.1) is 0 Å². The molecule has 1 aromatic heterocycles. The smallest absolute Gasteiger partial charge is 0.332 e. The number of rotatable bonds is 3. The Morgan fingerprint density at radius 3 is 2.68 bits per heavy atom. The van der Waals surface area contributed by atoms with Crippen molar-refractivity contribution in [3.05, 3.63) is 47.2 Å². The molecule has 0 atom stereocenters. The van der Waals surface area contributed by atoms with Crippen LogP contribution in [0.2, 0.25) is 0 Å². The monoisotopic (exact) mass is 420 g/mol.